The number of fused-ring (bicyclic) bond motifs is 1. The maximum atomic E-state index is 13.2. The third-order valence-corrected chi connectivity index (χ3v) is 5.98. The molecule has 5 rings (SSSR count). The van der Waals surface area contributed by atoms with Crippen LogP contribution in [0, 0.1) is 0 Å². The number of carbonyl (C=O) groups is 1. The van der Waals surface area contributed by atoms with Gasteiger partial charge >= 0.3 is 0 Å². The number of carbonyl (C=O) groups excluding carboxylic acids is 1. The molecule has 0 spiro atoms. The molecule has 7 heteroatoms. The quantitative estimate of drug-likeness (QED) is 0.608. The molecule has 1 saturated heterocycles. The molecule has 150 valence electrons. The molecule has 1 fully saturated rings. The van der Waals surface area contributed by atoms with Gasteiger partial charge in [-0.2, -0.15) is 11.3 Å². The molecule has 0 saturated carbocycles. The molecule has 1 unspecified atom stereocenters. The first-order chi connectivity index (χ1) is 14.6. The lowest BCUT2D eigenvalue weighted by Gasteiger charge is -2.25. The third kappa shape index (κ3) is 3.33. The molecule has 6 nitrogen and oxygen atoms in total. The van der Waals surface area contributed by atoms with Crippen molar-refractivity contribution in [1.29, 1.82) is 0 Å². The summed E-state index contributed by atoms with van der Waals surface area (Å²) in [5.41, 5.74) is 4.32. The summed E-state index contributed by atoms with van der Waals surface area (Å²) in [6.07, 6.45) is 0.518. The summed E-state index contributed by atoms with van der Waals surface area (Å²) in [7, 11) is 0. The average molecular weight is 417 g/mol. The number of nitrogens with one attached hydrogen (secondary N) is 1. The molecule has 3 N–H and O–H groups in total. The summed E-state index contributed by atoms with van der Waals surface area (Å²) in [6, 6.07) is 15.4. The Bertz CT molecular complexity index is 1150. The number of hydrogen-bond donors (Lipinski definition) is 3. The summed E-state index contributed by atoms with van der Waals surface area (Å²) in [4.78, 5) is 19.9. The van der Waals surface area contributed by atoms with Crippen LogP contribution in [0.25, 0.3) is 5.70 Å². The molecule has 1 atom stereocenters. The fourth-order valence-electron chi connectivity index (χ4n) is 3.75. The van der Waals surface area contributed by atoms with Crippen molar-refractivity contribution >= 4 is 28.7 Å². The summed E-state index contributed by atoms with van der Waals surface area (Å²) in [6.45, 7) is 0.367. The summed E-state index contributed by atoms with van der Waals surface area (Å²) >= 11 is 1.58. The van der Waals surface area contributed by atoms with Gasteiger partial charge in [-0.05, 0) is 59.0 Å². The molecule has 3 aromatic rings. The first kappa shape index (κ1) is 18.4. The van der Waals surface area contributed by atoms with E-state index in [1.807, 2.05) is 41.1 Å². The van der Waals surface area contributed by atoms with Crippen molar-refractivity contribution < 1.29 is 15.0 Å². The first-order valence-corrected chi connectivity index (χ1v) is 10.5. The van der Waals surface area contributed by atoms with E-state index in [-0.39, 0.29) is 17.4 Å². The van der Waals surface area contributed by atoms with Crippen LogP contribution in [-0.2, 0) is 11.2 Å². The second-order valence-corrected chi connectivity index (χ2v) is 8.09. The van der Waals surface area contributed by atoms with Crippen molar-refractivity contribution in [2.24, 2.45) is 4.99 Å². The van der Waals surface area contributed by atoms with Crippen LogP contribution in [-0.4, -0.2) is 39.3 Å². The Hall–Kier alpha value is -3.58. The van der Waals surface area contributed by atoms with Gasteiger partial charge in [-0.3, -0.25) is 9.69 Å². The number of nitrogens with zero attached hydrogens (tertiary/aromatic N) is 2. The second-order valence-electron chi connectivity index (χ2n) is 7.31. The number of rotatable bonds is 4. The Morgan fingerprint density at radius 1 is 1.00 bits per heavy atom. The maximum absolute atomic E-state index is 13.2. The largest absolute Gasteiger partial charge is 0.508 e. The molecule has 30 heavy (non-hydrogen) atoms. The average Bonchev–Trinajstić information content (AvgIpc) is 3.39. The van der Waals surface area contributed by atoms with Crippen molar-refractivity contribution in [3.8, 4) is 11.5 Å². The zero-order valence-electron chi connectivity index (χ0n) is 15.9. The zero-order valence-corrected chi connectivity index (χ0v) is 16.8. The SMILES string of the molecule is O=C1C(Cc2ccc(O)cc2)NC2=C(c3ccsc3)N=C(c3ccc(O)cc3)CN12. The molecule has 0 radical (unpaired) electrons. The lowest BCUT2D eigenvalue weighted by Crippen LogP contribution is -2.36. The van der Waals surface area contributed by atoms with Crippen LogP contribution < -0.4 is 5.32 Å². The highest BCUT2D eigenvalue weighted by molar-refractivity contribution is 7.08. The van der Waals surface area contributed by atoms with E-state index in [9.17, 15) is 15.0 Å². The normalized spacial score (nSPS) is 18.3. The molecule has 0 bridgehead atoms. The highest BCUT2D eigenvalue weighted by Gasteiger charge is 2.40. The fourth-order valence-corrected chi connectivity index (χ4v) is 4.39. The molecular formula is C23H19N3O3S. The number of benzene rings is 2. The van der Waals surface area contributed by atoms with Crippen molar-refractivity contribution in [1.82, 2.24) is 10.2 Å². The van der Waals surface area contributed by atoms with Gasteiger partial charge in [0.05, 0.1) is 12.3 Å². The van der Waals surface area contributed by atoms with Gasteiger partial charge in [0.1, 0.15) is 29.1 Å². The predicted octanol–water partition coefficient (Wildman–Crippen LogP) is 3.33. The van der Waals surface area contributed by atoms with Crippen LogP contribution in [0.5, 0.6) is 11.5 Å². The minimum atomic E-state index is -0.396. The summed E-state index contributed by atoms with van der Waals surface area (Å²) < 4.78 is 0. The van der Waals surface area contributed by atoms with E-state index in [2.05, 4.69) is 5.32 Å². The smallest absolute Gasteiger partial charge is 0.251 e. The molecule has 1 amide bonds. The highest BCUT2D eigenvalue weighted by Crippen LogP contribution is 2.32. The van der Waals surface area contributed by atoms with Gasteiger partial charge in [-0.15, -0.1) is 0 Å². The molecular weight excluding hydrogens is 398 g/mol. The molecule has 2 aromatic carbocycles. The summed E-state index contributed by atoms with van der Waals surface area (Å²) in [5.74, 6) is 1.12. The van der Waals surface area contributed by atoms with E-state index in [1.165, 1.54) is 0 Å². The van der Waals surface area contributed by atoms with E-state index in [1.54, 1.807) is 40.5 Å². The van der Waals surface area contributed by atoms with Crippen molar-refractivity contribution in [2.45, 2.75) is 12.5 Å². The van der Waals surface area contributed by atoms with E-state index in [0.29, 0.717) is 13.0 Å². The van der Waals surface area contributed by atoms with Crippen LogP contribution in [0.15, 0.2) is 76.2 Å². The molecule has 0 aliphatic carbocycles. The van der Waals surface area contributed by atoms with Crippen LogP contribution in [0.2, 0.25) is 0 Å². The van der Waals surface area contributed by atoms with E-state index < -0.39 is 6.04 Å². The van der Waals surface area contributed by atoms with Gasteiger partial charge in [0.15, 0.2) is 0 Å². The van der Waals surface area contributed by atoms with Crippen molar-refractivity contribution in [3.05, 3.63) is 87.9 Å². The lowest BCUT2D eigenvalue weighted by atomic mass is 10.1. The number of thiophene rings is 1. The van der Waals surface area contributed by atoms with Crippen LogP contribution in [0.4, 0.5) is 0 Å². The predicted molar refractivity (Wildman–Crippen MR) is 116 cm³/mol. The van der Waals surface area contributed by atoms with Crippen LogP contribution in [0.1, 0.15) is 16.7 Å². The molecule has 1 aromatic heterocycles. The van der Waals surface area contributed by atoms with E-state index in [0.717, 1.165) is 33.9 Å². The van der Waals surface area contributed by atoms with Gasteiger partial charge in [0, 0.05) is 17.4 Å². The van der Waals surface area contributed by atoms with Crippen LogP contribution in [0.3, 0.4) is 0 Å². The monoisotopic (exact) mass is 417 g/mol. The number of phenols is 2. The zero-order chi connectivity index (χ0) is 20.7. The Morgan fingerprint density at radius 2 is 1.70 bits per heavy atom. The maximum Gasteiger partial charge on any atom is 0.251 e. The minimum absolute atomic E-state index is 0.00279. The van der Waals surface area contributed by atoms with E-state index in [4.69, 9.17) is 4.99 Å². The molecule has 2 aliphatic heterocycles. The summed E-state index contributed by atoms with van der Waals surface area (Å²) in [5, 5.41) is 26.5. The van der Waals surface area contributed by atoms with Crippen molar-refractivity contribution in [2.75, 3.05) is 6.54 Å². The van der Waals surface area contributed by atoms with Gasteiger partial charge < -0.3 is 15.5 Å². The number of amides is 1. The number of phenolic OH excluding ortho intramolecular Hbond substituents is 2. The third-order valence-electron chi connectivity index (χ3n) is 5.30. The van der Waals surface area contributed by atoms with Gasteiger partial charge in [-0.1, -0.05) is 12.1 Å². The Morgan fingerprint density at radius 3 is 2.37 bits per heavy atom. The van der Waals surface area contributed by atoms with Gasteiger partial charge in [0.25, 0.3) is 5.91 Å². The lowest BCUT2D eigenvalue weighted by molar-refractivity contribution is -0.127. The second kappa shape index (κ2) is 7.35. The first-order valence-electron chi connectivity index (χ1n) is 9.58. The van der Waals surface area contributed by atoms with Gasteiger partial charge in [-0.25, -0.2) is 4.99 Å². The minimum Gasteiger partial charge on any atom is -0.508 e. The number of aliphatic imine (C=N–C) groups is 1. The fraction of sp³-hybridized carbons (Fsp3) is 0.130. The Labute approximate surface area is 177 Å². The Balaban J connectivity index is 1.50. The topological polar surface area (TPSA) is 85.2 Å². The number of aromatic hydroxyl groups is 2. The van der Waals surface area contributed by atoms with Gasteiger partial charge in [0.2, 0.25) is 0 Å². The highest BCUT2D eigenvalue weighted by atomic mass is 32.1. The Kier molecular flexibility index (Phi) is 4.52. The number of hydrogen-bond acceptors (Lipinski definition) is 6. The van der Waals surface area contributed by atoms with E-state index >= 15 is 0 Å². The standard InChI is InChI=1S/C23H19N3O3S/c27-17-5-1-14(2-6-17)11-19-23(29)26-12-20(15-3-7-18(28)8-4-15)24-21(22(26)25-19)16-9-10-30-13-16/h1-10,13,19,25,27-28H,11-12H2. The molecule has 3 heterocycles. The van der Waals surface area contributed by atoms with Crippen molar-refractivity contribution in [3.63, 3.8) is 0 Å². The van der Waals surface area contributed by atoms with Crippen LogP contribution >= 0.6 is 11.3 Å². The molecule has 2 aliphatic rings.